The van der Waals surface area contributed by atoms with E-state index in [1.807, 2.05) is 13.8 Å². The Bertz CT molecular complexity index is 738. The number of nitrogens with one attached hydrogen (secondary N) is 1. The number of hydrogen-bond acceptors (Lipinski definition) is 4. The fourth-order valence-corrected chi connectivity index (χ4v) is 3.61. The summed E-state index contributed by atoms with van der Waals surface area (Å²) in [7, 11) is 1.31. The number of amides is 1. The van der Waals surface area contributed by atoms with Crippen LogP contribution in [0.3, 0.4) is 0 Å². The summed E-state index contributed by atoms with van der Waals surface area (Å²) in [6.07, 6.45) is 6.50. The van der Waals surface area contributed by atoms with Gasteiger partial charge in [-0.15, -0.1) is 0 Å². The number of carbonyl (C=O) groups excluding carboxylic acids is 2. The summed E-state index contributed by atoms with van der Waals surface area (Å²) in [5.41, 5.74) is 2.03. The predicted octanol–water partition coefficient (Wildman–Crippen LogP) is 2.84. The number of unbranched alkanes of at least 4 members (excludes halogenated alkanes) is 1. The highest BCUT2D eigenvalue weighted by Crippen LogP contribution is 2.21. The molecule has 1 aromatic heterocycles. The van der Waals surface area contributed by atoms with E-state index in [1.165, 1.54) is 7.11 Å². The molecular formula is C21H32N2O4. The van der Waals surface area contributed by atoms with Crippen molar-refractivity contribution in [1.82, 2.24) is 9.88 Å². The molecule has 0 radical (unpaired) electrons. The molecule has 2 rings (SSSR count). The van der Waals surface area contributed by atoms with Crippen LogP contribution in [0.15, 0.2) is 10.9 Å². The summed E-state index contributed by atoms with van der Waals surface area (Å²) in [6, 6.07) is 0.978. The van der Waals surface area contributed by atoms with Gasteiger partial charge < -0.3 is 14.6 Å². The van der Waals surface area contributed by atoms with Gasteiger partial charge in [-0.05, 0) is 49.7 Å². The van der Waals surface area contributed by atoms with Gasteiger partial charge >= 0.3 is 5.97 Å². The number of fused-ring (bicyclic) bond motifs is 1. The van der Waals surface area contributed by atoms with Crippen molar-refractivity contribution in [1.29, 1.82) is 0 Å². The van der Waals surface area contributed by atoms with Crippen molar-refractivity contribution in [3.05, 3.63) is 33.2 Å². The molecule has 27 heavy (non-hydrogen) atoms. The van der Waals surface area contributed by atoms with Crippen molar-refractivity contribution < 1.29 is 14.3 Å². The molecule has 1 aliphatic carbocycles. The lowest BCUT2D eigenvalue weighted by Crippen LogP contribution is -2.47. The van der Waals surface area contributed by atoms with E-state index >= 15 is 0 Å². The molecule has 1 N–H and O–H groups in total. The van der Waals surface area contributed by atoms with Crippen molar-refractivity contribution in [3.8, 4) is 0 Å². The van der Waals surface area contributed by atoms with Gasteiger partial charge in [0.25, 0.3) is 11.5 Å². The first kappa shape index (κ1) is 21.2. The van der Waals surface area contributed by atoms with Gasteiger partial charge in [0, 0.05) is 12.2 Å². The average molecular weight is 376 g/mol. The highest BCUT2D eigenvalue weighted by atomic mass is 16.5. The van der Waals surface area contributed by atoms with Crippen molar-refractivity contribution in [2.75, 3.05) is 7.11 Å². The van der Waals surface area contributed by atoms with E-state index in [4.69, 9.17) is 4.74 Å². The molecule has 0 aromatic carbocycles. The quantitative estimate of drug-likeness (QED) is 0.708. The van der Waals surface area contributed by atoms with Crippen LogP contribution >= 0.6 is 0 Å². The second-order valence-corrected chi connectivity index (χ2v) is 7.41. The highest BCUT2D eigenvalue weighted by molar-refractivity contribution is 5.96. The maximum absolute atomic E-state index is 13.0. The number of methoxy groups -OCH3 is 1. The summed E-state index contributed by atoms with van der Waals surface area (Å²) >= 11 is 0. The van der Waals surface area contributed by atoms with Crippen LogP contribution in [0.1, 0.15) is 74.5 Å². The third-order valence-corrected chi connectivity index (χ3v) is 5.53. The Kier molecular flexibility index (Phi) is 7.63. The maximum atomic E-state index is 13.0. The maximum Gasteiger partial charge on any atom is 0.328 e. The summed E-state index contributed by atoms with van der Waals surface area (Å²) in [5, 5.41) is 2.74. The van der Waals surface area contributed by atoms with E-state index in [-0.39, 0.29) is 17.0 Å². The van der Waals surface area contributed by atoms with E-state index in [1.54, 1.807) is 10.6 Å². The molecule has 0 fully saturated rings. The Morgan fingerprint density at radius 1 is 1.26 bits per heavy atom. The molecule has 150 valence electrons. The molecule has 0 bridgehead atoms. The molecule has 0 saturated heterocycles. The van der Waals surface area contributed by atoms with Crippen LogP contribution in [0.25, 0.3) is 0 Å². The lowest BCUT2D eigenvalue weighted by molar-refractivity contribution is -0.144. The van der Waals surface area contributed by atoms with Gasteiger partial charge in [-0.25, -0.2) is 4.79 Å². The molecule has 6 heteroatoms. The Hall–Kier alpha value is -2.11. The minimum absolute atomic E-state index is 0.0821. The van der Waals surface area contributed by atoms with Crippen molar-refractivity contribution in [3.63, 3.8) is 0 Å². The van der Waals surface area contributed by atoms with Crippen LogP contribution in [-0.4, -0.2) is 29.6 Å². The molecular weight excluding hydrogens is 344 g/mol. The van der Waals surface area contributed by atoms with Gasteiger partial charge in [-0.3, -0.25) is 9.59 Å². The molecule has 0 spiro atoms. The molecule has 1 heterocycles. The highest BCUT2D eigenvalue weighted by Gasteiger charge is 2.29. The zero-order valence-electron chi connectivity index (χ0n) is 17.0. The first-order valence-electron chi connectivity index (χ1n) is 10.1. The second kappa shape index (κ2) is 9.72. The number of carbonyl (C=O) groups is 2. The van der Waals surface area contributed by atoms with Gasteiger partial charge in [-0.2, -0.15) is 0 Å². The standard InChI is InChI=1S/C21H32N2O4/c1-5-7-12-23-17-11-9-8-10-15(17)13-16(20(23)25)19(24)22-18(14(3)6-2)21(26)27-4/h13-14,18H,5-12H2,1-4H3,(H,22,24). The van der Waals surface area contributed by atoms with Crippen LogP contribution < -0.4 is 10.9 Å². The SMILES string of the molecule is CCCCn1c2c(cc(C(=O)NC(C(=O)OC)C(C)CC)c1=O)CCCC2. The zero-order valence-corrected chi connectivity index (χ0v) is 17.0. The minimum Gasteiger partial charge on any atom is -0.467 e. The Balaban J connectivity index is 2.40. The lowest BCUT2D eigenvalue weighted by atomic mass is 9.93. The summed E-state index contributed by atoms with van der Waals surface area (Å²) in [6.45, 7) is 6.55. The number of aryl methyl sites for hydroxylation is 1. The van der Waals surface area contributed by atoms with Gasteiger partial charge in [0.05, 0.1) is 7.11 Å². The number of ether oxygens (including phenoxy) is 1. The van der Waals surface area contributed by atoms with Crippen LogP contribution in [0.2, 0.25) is 0 Å². The van der Waals surface area contributed by atoms with Gasteiger partial charge in [0.2, 0.25) is 0 Å². The Morgan fingerprint density at radius 2 is 1.96 bits per heavy atom. The van der Waals surface area contributed by atoms with E-state index in [0.29, 0.717) is 13.0 Å². The van der Waals surface area contributed by atoms with Gasteiger partial charge in [0.15, 0.2) is 0 Å². The molecule has 1 aliphatic rings. The summed E-state index contributed by atoms with van der Waals surface area (Å²) < 4.78 is 6.61. The second-order valence-electron chi connectivity index (χ2n) is 7.41. The minimum atomic E-state index is -0.757. The first-order valence-corrected chi connectivity index (χ1v) is 10.1. The Labute approximate surface area is 161 Å². The molecule has 6 nitrogen and oxygen atoms in total. The van der Waals surface area contributed by atoms with Crippen molar-refractivity contribution >= 4 is 11.9 Å². The average Bonchev–Trinajstić information content (AvgIpc) is 2.69. The summed E-state index contributed by atoms with van der Waals surface area (Å²) in [4.78, 5) is 38.0. The fourth-order valence-electron chi connectivity index (χ4n) is 3.61. The predicted molar refractivity (Wildman–Crippen MR) is 105 cm³/mol. The normalized spacial score (nSPS) is 15.6. The third kappa shape index (κ3) is 4.79. The van der Waals surface area contributed by atoms with E-state index in [0.717, 1.165) is 49.8 Å². The van der Waals surface area contributed by atoms with E-state index in [9.17, 15) is 14.4 Å². The number of pyridine rings is 1. The van der Waals surface area contributed by atoms with Gasteiger partial charge in [-0.1, -0.05) is 33.6 Å². The fraction of sp³-hybridized carbons (Fsp3) is 0.667. The lowest BCUT2D eigenvalue weighted by Gasteiger charge is -2.24. The number of esters is 1. The monoisotopic (exact) mass is 376 g/mol. The van der Waals surface area contributed by atoms with Crippen LogP contribution in [-0.2, 0) is 28.9 Å². The smallest absolute Gasteiger partial charge is 0.328 e. The number of rotatable bonds is 8. The Morgan fingerprint density at radius 3 is 2.59 bits per heavy atom. The van der Waals surface area contributed by atoms with Crippen LogP contribution in [0, 0.1) is 5.92 Å². The number of aromatic nitrogens is 1. The largest absolute Gasteiger partial charge is 0.467 e. The van der Waals surface area contributed by atoms with Crippen LogP contribution in [0.5, 0.6) is 0 Å². The van der Waals surface area contributed by atoms with Crippen molar-refractivity contribution in [2.24, 2.45) is 5.92 Å². The summed E-state index contributed by atoms with van der Waals surface area (Å²) in [5.74, 6) is -1.06. The number of nitrogens with zero attached hydrogens (tertiary/aromatic N) is 1. The molecule has 2 atom stereocenters. The topological polar surface area (TPSA) is 77.4 Å². The zero-order chi connectivity index (χ0) is 20.0. The molecule has 0 aliphatic heterocycles. The first-order chi connectivity index (χ1) is 12.9. The van der Waals surface area contributed by atoms with Crippen LogP contribution in [0.4, 0.5) is 0 Å². The molecule has 0 saturated carbocycles. The van der Waals surface area contributed by atoms with E-state index in [2.05, 4.69) is 12.2 Å². The van der Waals surface area contributed by atoms with E-state index < -0.39 is 17.9 Å². The molecule has 1 aromatic rings. The van der Waals surface area contributed by atoms with Gasteiger partial charge in [0.1, 0.15) is 11.6 Å². The molecule has 1 amide bonds. The third-order valence-electron chi connectivity index (χ3n) is 5.53. The number of hydrogen-bond donors (Lipinski definition) is 1. The molecule has 2 unspecified atom stereocenters. The van der Waals surface area contributed by atoms with Crippen molar-refractivity contribution in [2.45, 2.75) is 78.3 Å².